The summed E-state index contributed by atoms with van der Waals surface area (Å²) in [4.78, 5) is 28.6. The zero-order chi connectivity index (χ0) is 28.5. The lowest BCUT2D eigenvalue weighted by atomic mass is 9.85. The van der Waals surface area contributed by atoms with E-state index in [1.165, 1.54) is 5.69 Å². The van der Waals surface area contributed by atoms with Crippen molar-refractivity contribution < 1.29 is 4.79 Å². The van der Waals surface area contributed by atoms with Crippen molar-refractivity contribution in [1.82, 2.24) is 19.5 Å². The van der Waals surface area contributed by atoms with Crippen LogP contribution in [0.2, 0.25) is 15.1 Å². The molecule has 0 bridgehead atoms. The lowest BCUT2D eigenvalue weighted by Crippen LogP contribution is -2.42. The molecule has 2 aliphatic rings. The molecule has 0 radical (unpaired) electrons. The molecule has 12 heteroatoms. The molecule has 4 N–H and O–H groups in total. The van der Waals surface area contributed by atoms with Crippen LogP contribution in [0.4, 0.5) is 23.3 Å². The molecule has 9 nitrogen and oxygen atoms in total. The van der Waals surface area contributed by atoms with Gasteiger partial charge in [-0.3, -0.25) is 9.36 Å². The zero-order valence-corrected chi connectivity index (χ0v) is 24.6. The van der Waals surface area contributed by atoms with Crippen LogP contribution in [-0.2, 0) is 4.79 Å². The molecular weight excluding hydrogens is 583 g/mol. The van der Waals surface area contributed by atoms with E-state index in [0.717, 1.165) is 38.8 Å². The number of amides is 1. The average molecular weight is 614 g/mol. The van der Waals surface area contributed by atoms with E-state index in [0.29, 0.717) is 56.7 Å². The summed E-state index contributed by atoms with van der Waals surface area (Å²) in [7, 11) is 0. The number of nitrogens with zero attached hydrogens (tertiary/aromatic N) is 5. The highest BCUT2D eigenvalue weighted by Gasteiger charge is 2.30. The monoisotopic (exact) mass is 612 g/mol. The molecule has 1 saturated heterocycles. The third-order valence-corrected chi connectivity index (χ3v) is 8.83. The first-order chi connectivity index (χ1) is 19.9. The van der Waals surface area contributed by atoms with Gasteiger partial charge in [-0.05, 0) is 62.8 Å². The molecular formula is C29H31Cl3N8O. The van der Waals surface area contributed by atoms with Gasteiger partial charge in [0.15, 0.2) is 5.65 Å². The van der Waals surface area contributed by atoms with Crippen molar-refractivity contribution >= 4 is 75.1 Å². The lowest BCUT2D eigenvalue weighted by Gasteiger charge is -2.34. The van der Waals surface area contributed by atoms with E-state index in [2.05, 4.69) is 49.4 Å². The molecule has 1 atom stereocenters. The second-order valence-corrected chi connectivity index (χ2v) is 12.0. The summed E-state index contributed by atoms with van der Waals surface area (Å²) in [5.74, 6) is 0.734. The minimum absolute atomic E-state index is 0.0500. The molecule has 2 fully saturated rings. The summed E-state index contributed by atoms with van der Waals surface area (Å²) < 4.78 is 2.08. The molecule has 41 heavy (non-hydrogen) atoms. The van der Waals surface area contributed by atoms with Crippen molar-refractivity contribution in [3.63, 3.8) is 0 Å². The number of nitrogens with two attached hydrogens (primary N) is 1. The molecule has 2 aromatic carbocycles. The summed E-state index contributed by atoms with van der Waals surface area (Å²) in [6, 6.07) is 14.0. The van der Waals surface area contributed by atoms with E-state index in [9.17, 15) is 4.79 Å². The number of benzene rings is 2. The van der Waals surface area contributed by atoms with Crippen molar-refractivity contribution in [2.24, 2.45) is 11.7 Å². The largest absolute Gasteiger partial charge is 0.369 e. The van der Waals surface area contributed by atoms with Crippen LogP contribution in [0.15, 0.2) is 48.7 Å². The maximum absolute atomic E-state index is 11.8. The number of aromatic nitrogens is 4. The first-order valence-corrected chi connectivity index (χ1v) is 15.0. The van der Waals surface area contributed by atoms with Gasteiger partial charge in [0, 0.05) is 41.8 Å². The van der Waals surface area contributed by atoms with Gasteiger partial charge >= 0.3 is 0 Å². The maximum Gasteiger partial charge on any atom is 0.225 e. The SMILES string of the molecule is NC(=O)[C@H]1CC[C@H](n2c(Nc3c(Cl)cc(Cl)cc3Cl)nc3cnc(N[C@@H]4CCCN(c5ccccc5)C4)nc32)CC1. The number of fused-ring (bicyclic) bond motifs is 1. The van der Waals surface area contributed by atoms with Gasteiger partial charge in [0.1, 0.15) is 5.52 Å². The number of imidazole rings is 1. The summed E-state index contributed by atoms with van der Waals surface area (Å²) in [6.07, 6.45) is 6.77. The van der Waals surface area contributed by atoms with Crippen LogP contribution in [-0.4, -0.2) is 44.6 Å². The molecule has 1 aliphatic carbocycles. The maximum atomic E-state index is 11.8. The number of carbonyl (C=O) groups excluding carboxylic acids is 1. The Balaban J connectivity index is 1.31. The Kier molecular flexibility index (Phi) is 8.10. The summed E-state index contributed by atoms with van der Waals surface area (Å²) >= 11 is 19.1. The minimum atomic E-state index is -0.247. The molecule has 4 aromatic rings. The van der Waals surface area contributed by atoms with E-state index in [1.54, 1.807) is 18.3 Å². The van der Waals surface area contributed by atoms with Crippen LogP contribution in [0, 0.1) is 5.92 Å². The standard InChI is InChI=1S/C29H31Cl3N8O/c30-18-13-22(31)25(23(32)14-18)37-29-36-24-15-34-28(35-19-5-4-12-39(16-19)20-6-2-1-3-7-20)38-27(24)40(29)21-10-8-17(9-11-21)26(33)41/h1-3,6-7,13-15,17,19,21H,4-5,8-12,16H2,(H2,33,41)(H,36,37)(H,34,35,38)/t17-,19-,21-/m1/s1. The molecule has 214 valence electrons. The fraction of sp³-hybridized carbons (Fsp3) is 0.379. The predicted molar refractivity (Wildman–Crippen MR) is 166 cm³/mol. The Morgan fingerprint density at radius 3 is 2.41 bits per heavy atom. The van der Waals surface area contributed by atoms with E-state index in [4.69, 9.17) is 50.5 Å². The first-order valence-electron chi connectivity index (χ1n) is 13.9. The Hall–Kier alpha value is -3.27. The Bertz CT molecular complexity index is 1530. The van der Waals surface area contributed by atoms with Crippen molar-refractivity contribution in [3.8, 4) is 0 Å². The van der Waals surface area contributed by atoms with Gasteiger partial charge in [0.25, 0.3) is 0 Å². The fourth-order valence-electron chi connectivity index (χ4n) is 5.94. The molecule has 1 amide bonds. The number of primary amides is 1. The van der Waals surface area contributed by atoms with Gasteiger partial charge in [0.2, 0.25) is 17.8 Å². The van der Waals surface area contributed by atoms with Crippen LogP contribution < -0.4 is 21.3 Å². The summed E-state index contributed by atoms with van der Waals surface area (Å²) in [6.45, 7) is 1.88. The van der Waals surface area contributed by atoms with Crippen molar-refractivity contribution in [2.75, 3.05) is 28.6 Å². The second-order valence-electron chi connectivity index (χ2n) is 10.8. The fourth-order valence-corrected chi connectivity index (χ4v) is 6.85. The topological polar surface area (TPSA) is 114 Å². The van der Waals surface area contributed by atoms with Crippen LogP contribution in [0.1, 0.15) is 44.6 Å². The third-order valence-electron chi connectivity index (χ3n) is 8.02. The Labute approximate surface area is 253 Å². The van der Waals surface area contributed by atoms with Gasteiger partial charge in [-0.25, -0.2) is 9.97 Å². The molecule has 3 heterocycles. The van der Waals surface area contributed by atoms with Crippen LogP contribution in [0.25, 0.3) is 11.2 Å². The highest BCUT2D eigenvalue weighted by atomic mass is 35.5. The third kappa shape index (κ3) is 6.03. The molecule has 0 spiro atoms. The predicted octanol–water partition coefficient (Wildman–Crippen LogP) is 6.83. The number of anilines is 4. The van der Waals surface area contributed by atoms with E-state index in [1.807, 2.05) is 6.07 Å². The minimum Gasteiger partial charge on any atom is -0.369 e. The number of halogens is 3. The van der Waals surface area contributed by atoms with Crippen LogP contribution in [0.3, 0.4) is 0 Å². The van der Waals surface area contributed by atoms with Crippen molar-refractivity contribution in [3.05, 3.63) is 63.7 Å². The quantitative estimate of drug-likeness (QED) is 0.209. The normalized spacial score (nSPS) is 21.1. The average Bonchev–Trinajstić information content (AvgIpc) is 3.33. The summed E-state index contributed by atoms with van der Waals surface area (Å²) in [5.41, 5.74) is 8.68. The number of carbonyl (C=O) groups is 1. The van der Waals surface area contributed by atoms with Gasteiger partial charge in [0.05, 0.1) is 21.9 Å². The summed E-state index contributed by atoms with van der Waals surface area (Å²) in [5, 5.41) is 8.10. The highest BCUT2D eigenvalue weighted by molar-refractivity contribution is 6.41. The van der Waals surface area contributed by atoms with E-state index >= 15 is 0 Å². The number of hydrogen-bond donors (Lipinski definition) is 3. The van der Waals surface area contributed by atoms with E-state index < -0.39 is 0 Å². The van der Waals surface area contributed by atoms with Gasteiger partial charge in [-0.1, -0.05) is 53.0 Å². The smallest absolute Gasteiger partial charge is 0.225 e. The molecule has 1 saturated carbocycles. The van der Waals surface area contributed by atoms with E-state index in [-0.39, 0.29) is 23.9 Å². The van der Waals surface area contributed by atoms with Gasteiger partial charge in [-0.15, -0.1) is 0 Å². The lowest BCUT2D eigenvalue weighted by molar-refractivity contribution is -0.122. The van der Waals surface area contributed by atoms with Gasteiger partial charge < -0.3 is 21.3 Å². The number of piperidine rings is 1. The molecule has 6 rings (SSSR count). The molecule has 2 aromatic heterocycles. The second kappa shape index (κ2) is 11.9. The number of rotatable bonds is 7. The van der Waals surface area contributed by atoms with Crippen molar-refractivity contribution in [2.45, 2.75) is 50.6 Å². The van der Waals surface area contributed by atoms with Crippen LogP contribution >= 0.6 is 34.8 Å². The zero-order valence-electron chi connectivity index (χ0n) is 22.4. The number of para-hydroxylation sites is 1. The highest BCUT2D eigenvalue weighted by Crippen LogP contribution is 2.40. The van der Waals surface area contributed by atoms with Crippen molar-refractivity contribution in [1.29, 1.82) is 0 Å². The Morgan fingerprint density at radius 1 is 0.976 bits per heavy atom. The first kappa shape index (κ1) is 27.9. The number of nitrogens with one attached hydrogen (secondary N) is 2. The molecule has 1 aliphatic heterocycles. The van der Waals surface area contributed by atoms with Crippen LogP contribution in [0.5, 0.6) is 0 Å². The van der Waals surface area contributed by atoms with Gasteiger partial charge in [-0.2, -0.15) is 4.98 Å². The number of hydrogen-bond acceptors (Lipinski definition) is 7. The molecule has 0 unspecified atom stereocenters. The Morgan fingerprint density at radius 2 is 1.71 bits per heavy atom.